The van der Waals surface area contributed by atoms with Gasteiger partial charge in [0, 0.05) is 29.8 Å². The van der Waals surface area contributed by atoms with Gasteiger partial charge in [0.25, 0.3) is 0 Å². The number of aromatic nitrogens is 3. The molecular formula is C19H22N4O5. The number of nitrogens with one attached hydrogen (secondary N) is 2. The molecule has 3 aromatic rings. The van der Waals surface area contributed by atoms with Gasteiger partial charge in [-0.3, -0.25) is 4.57 Å². The third kappa shape index (κ3) is 3.40. The average Bonchev–Trinajstić information content (AvgIpc) is 3.24. The van der Waals surface area contributed by atoms with Gasteiger partial charge in [-0.05, 0) is 24.1 Å². The number of H-pyrrole nitrogens is 1. The zero-order valence-corrected chi connectivity index (χ0v) is 15.0. The van der Waals surface area contributed by atoms with Gasteiger partial charge in [-0.2, -0.15) is 4.98 Å². The molecule has 2 aromatic heterocycles. The molecule has 5 N–H and O–H groups in total. The van der Waals surface area contributed by atoms with Crippen molar-refractivity contribution in [1.82, 2.24) is 14.5 Å². The number of aliphatic hydroxyl groups is 3. The van der Waals surface area contributed by atoms with Gasteiger partial charge in [0.15, 0.2) is 6.23 Å². The molecule has 1 aliphatic rings. The highest BCUT2D eigenvalue weighted by molar-refractivity contribution is 5.83. The van der Waals surface area contributed by atoms with Crippen LogP contribution >= 0.6 is 0 Å². The maximum Gasteiger partial charge on any atom is 0.351 e. The summed E-state index contributed by atoms with van der Waals surface area (Å²) in [6.07, 6.45) is -0.450. The Bertz CT molecular complexity index is 1020. The van der Waals surface area contributed by atoms with E-state index in [0.717, 1.165) is 21.9 Å². The minimum Gasteiger partial charge on any atom is -0.394 e. The van der Waals surface area contributed by atoms with Gasteiger partial charge >= 0.3 is 5.69 Å². The number of anilines is 1. The van der Waals surface area contributed by atoms with Crippen molar-refractivity contribution >= 4 is 16.7 Å². The van der Waals surface area contributed by atoms with Crippen LogP contribution in [0.4, 0.5) is 5.82 Å². The summed E-state index contributed by atoms with van der Waals surface area (Å²) in [7, 11) is 0. The third-order valence-corrected chi connectivity index (χ3v) is 5.00. The lowest BCUT2D eigenvalue weighted by molar-refractivity contribution is -0.0549. The molecule has 0 amide bonds. The number of hydrogen-bond acceptors (Lipinski definition) is 7. The third-order valence-electron chi connectivity index (χ3n) is 5.00. The van der Waals surface area contributed by atoms with Crippen LogP contribution in [-0.4, -0.2) is 61.3 Å². The number of benzene rings is 1. The zero-order chi connectivity index (χ0) is 19.7. The van der Waals surface area contributed by atoms with Gasteiger partial charge in [0.05, 0.1) is 6.61 Å². The lowest BCUT2D eigenvalue weighted by Crippen LogP contribution is -2.36. The summed E-state index contributed by atoms with van der Waals surface area (Å²) in [5, 5.41) is 33.3. The Morgan fingerprint density at radius 2 is 2.04 bits per heavy atom. The summed E-state index contributed by atoms with van der Waals surface area (Å²) in [4.78, 5) is 19.5. The van der Waals surface area contributed by atoms with Crippen LogP contribution in [0.1, 0.15) is 11.8 Å². The molecule has 4 atom stereocenters. The Morgan fingerprint density at radius 1 is 1.21 bits per heavy atom. The molecule has 0 aliphatic carbocycles. The number of para-hydroxylation sites is 1. The molecule has 28 heavy (non-hydrogen) atoms. The van der Waals surface area contributed by atoms with Gasteiger partial charge in [-0.1, -0.05) is 18.2 Å². The molecule has 0 saturated carbocycles. The lowest BCUT2D eigenvalue weighted by atomic mass is 10.1. The van der Waals surface area contributed by atoms with Crippen molar-refractivity contribution in [3.05, 3.63) is 58.8 Å². The molecule has 4 unspecified atom stereocenters. The summed E-state index contributed by atoms with van der Waals surface area (Å²) in [6, 6.07) is 9.65. The number of hydrogen-bond donors (Lipinski definition) is 5. The second-order valence-electron chi connectivity index (χ2n) is 6.77. The van der Waals surface area contributed by atoms with Gasteiger partial charge in [-0.15, -0.1) is 0 Å². The van der Waals surface area contributed by atoms with Crippen molar-refractivity contribution in [3.8, 4) is 0 Å². The Kier molecular flexibility index (Phi) is 5.14. The van der Waals surface area contributed by atoms with Crippen molar-refractivity contribution in [2.24, 2.45) is 0 Å². The van der Waals surface area contributed by atoms with E-state index in [1.807, 2.05) is 24.4 Å². The molecule has 3 heterocycles. The second kappa shape index (κ2) is 7.72. The zero-order valence-electron chi connectivity index (χ0n) is 15.0. The first-order valence-electron chi connectivity index (χ1n) is 9.09. The summed E-state index contributed by atoms with van der Waals surface area (Å²) in [5.74, 6) is 0.410. The number of aromatic amines is 1. The molecule has 0 radical (unpaired) electrons. The molecular weight excluding hydrogens is 364 g/mol. The van der Waals surface area contributed by atoms with E-state index < -0.39 is 36.8 Å². The first kappa shape index (κ1) is 18.6. The predicted molar refractivity (Wildman–Crippen MR) is 102 cm³/mol. The number of rotatable bonds is 6. The fraction of sp³-hybridized carbons (Fsp3) is 0.368. The van der Waals surface area contributed by atoms with E-state index in [-0.39, 0.29) is 0 Å². The van der Waals surface area contributed by atoms with Crippen molar-refractivity contribution in [3.63, 3.8) is 0 Å². The van der Waals surface area contributed by atoms with Gasteiger partial charge < -0.3 is 30.4 Å². The highest BCUT2D eigenvalue weighted by atomic mass is 16.6. The van der Waals surface area contributed by atoms with E-state index in [0.29, 0.717) is 12.4 Å². The molecule has 148 valence electrons. The first-order valence-corrected chi connectivity index (χ1v) is 9.09. The van der Waals surface area contributed by atoms with Crippen LogP contribution < -0.4 is 11.0 Å². The standard InChI is InChI=1S/C19H22N4O5/c24-10-14-16(25)17(26)18(28-14)23-8-6-15(22-19(23)27)20-7-5-11-9-21-13-4-2-1-3-12(11)13/h1-4,6,8-9,14,16-18,21,24-26H,5,7,10H2,(H,20,22,27). The Morgan fingerprint density at radius 3 is 2.79 bits per heavy atom. The minimum absolute atomic E-state index is 0.410. The van der Waals surface area contributed by atoms with Gasteiger partial charge in [0.1, 0.15) is 24.1 Å². The van der Waals surface area contributed by atoms with Crippen LogP contribution in [0.2, 0.25) is 0 Å². The van der Waals surface area contributed by atoms with E-state index >= 15 is 0 Å². The Hall–Kier alpha value is -2.72. The van der Waals surface area contributed by atoms with E-state index in [1.54, 1.807) is 6.07 Å². The summed E-state index contributed by atoms with van der Waals surface area (Å²) in [6.45, 7) is 0.135. The molecule has 1 aromatic carbocycles. The second-order valence-corrected chi connectivity index (χ2v) is 6.77. The van der Waals surface area contributed by atoms with Crippen LogP contribution in [-0.2, 0) is 11.2 Å². The normalized spacial score (nSPS) is 24.7. The Balaban J connectivity index is 1.42. The molecule has 0 bridgehead atoms. The van der Waals surface area contributed by atoms with Crippen LogP contribution in [0.5, 0.6) is 0 Å². The van der Waals surface area contributed by atoms with E-state index in [2.05, 4.69) is 21.4 Å². The summed E-state index contributed by atoms with van der Waals surface area (Å²) >= 11 is 0. The maximum atomic E-state index is 12.3. The molecule has 0 spiro atoms. The molecule has 1 fully saturated rings. The maximum absolute atomic E-state index is 12.3. The fourth-order valence-corrected chi connectivity index (χ4v) is 3.48. The molecule has 9 heteroatoms. The quantitative estimate of drug-likeness (QED) is 0.402. The summed E-state index contributed by atoms with van der Waals surface area (Å²) in [5.41, 5.74) is 1.63. The van der Waals surface area contributed by atoms with Crippen molar-refractivity contribution in [2.75, 3.05) is 18.5 Å². The number of ether oxygens (including phenoxy) is 1. The van der Waals surface area contributed by atoms with Crippen LogP contribution in [0.15, 0.2) is 47.5 Å². The van der Waals surface area contributed by atoms with E-state index in [1.165, 1.54) is 11.8 Å². The lowest BCUT2D eigenvalue weighted by Gasteiger charge is -2.17. The first-order chi connectivity index (χ1) is 13.6. The highest BCUT2D eigenvalue weighted by Crippen LogP contribution is 2.28. The van der Waals surface area contributed by atoms with Crippen LogP contribution in [0.25, 0.3) is 10.9 Å². The molecule has 9 nitrogen and oxygen atoms in total. The number of aliphatic hydroxyl groups excluding tert-OH is 3. The smallest absolute Gasteiger partial charge is 0.351 e. The SMILES string of the molecule is O=c1nc(NCCc2c[nH]c3ccccc23)ccn1C1OC(CO)C(O)C1O. The van der Waals surface area contributed by atoms with E-state index in [4.69, 9.17) is 9.84 Å². The van der Waals surface area contributed by atoms with Crippen LogP contribution in [0.3, 0.4) is 0 Å². The Labute approximate surface area is 160 Å². The molecule has 1 saturated heterocycles. The topological polar surface area (TPSA) is 133 Å². The molecule has 1 aliphatic heterocycles. The monoisotopic (exact) mass is 386 g/mol. The van der Waals surface area contributed by atoms with E-state index in [9.17, 15) is 15.0 Å². The van der Waals surface area contributed by atoms with Gasteiger partial charge in [0.2, 0.25) is 0 Å². The van der Waals surface area contributed by atoms with Gasteiger partial charge in [-0.25, -0.2) is 4.79 Å². The number of fused-ring (bicyclic) bond motifs is 1. The number of nitrogens with zero attached hydrogens (tertiary/aromatic N) is 2. The van der Waals surface area contributed by atoms with Crippen molar-refractivity contribution in [1.29, 1.82) is 0 Å². The predicted octanol–water partition coefficient (Wildman–Crippen LogP) is -0.00930. The average molecular weight is 386 g/mol. The van der Waals surface area contributed by atoms with Crippen LogP contribution in [0, 0.1) is 0 Å². The largest absolute Gasteiger partial charge is 0.394 e. The van der Waals surface area contributed by atoms with Crippen molar-refractivity contribution in [2.45, 2.75) is 31.0 Å². The fourth-order valence-electron chi connectivity index (χ4n) is 3.48. The minimum atomic E-state index is -1.32. The highest BCUT2D eigenvalue weighted by Gasteiger charge is 2.43. The van der Waals surface area contributed by atoms with Crippen molar-refractivity contribution < 1.29 is 20.1 Å². The molecule has 4 rings (SSSR count). The summed E-state index contributed by atoms with van der Waals surface area (Å²) < 4.78 is 6.47.